The second-order valence-corrected chi connectivity index (χ2v) is 5.69. The van der Waals surface area contributed by atoms with Gasteiger partial charge in [0.1, 0.15) is 6.10 Å². The van der Waals surface area contributed by atoms with Gasteiger partial charge in [0, 0.05) is 12.7 Å². The predicted molar refractivity (Wildman–Crippen MR) is 81.9 cm³/mol. The molecule has 2 atom stereocenters. The van der Waals surface area contributed by atoms with Crippen LogP contribution in [-0.2, 0) is 16.1 Å². The zero-order valence-electron chi connectivity index (χ0n) is 13.0. The molecule has 5 nitrogen and oxygen atoms in total. The molecule has 0 aliphatic carbocycles. The van der Waals surface area contributed by atoms with E-state index < -0.39 is 6.10 Å². The molecule has 0 bridgehead atoms. The van der Waals surface area contributed by atoms with Crippen molar-refractivity contribution in [2.24, 2.45) is 0 Å². The highest BCUT2D eigenvalue weighted by Crippen LogP contribution is 2.20. The zero-order valence-corrected chi connectivity index (χ0v) is 13.0. The van der Waals surface area contributed by atoms with Crippen LogP contribution in [0.2, 0.25) is 0 Å². The SMILES string of the molecule is C=CCO[C@H](C)C(=O)N1CCCC[C@@H]1Cn1cc(C)cn1. The Balaban J connectivity index is 2.00. The summed E-state index contributed by atoms with van der Waals surface area (Å²) in [5, 5.41) is 4.33. The first-order valence-corrected chi connectivity index (χ1v) is 7.64. The normalized spacial score (nSPS) is 20.3. The average Bonchev–Trinajstić information content (AvgIpc) is 2.89. The molecular formula is C16H25N3O2. The van der Waals surface area contributed by atoms with E-state index in [9.17, 15) is 4.79 Å². The predicted octanol–water partition coefficient (Wildman–Crippen LogP) is 2.16. The Kier molecular flexibility index (Phi) is 5.56. The molecule has 21 heavy (non-hydrogen) atoms. The summed E-state index contributed by atoms with van der Waals surface area (Å²) in [5.41, 5.74) is 1.14. The Morgan fingerprint density at radius 3 is 3.10 bits per heavy atom. The molecule has 1 amide bonds. The fourth-order valence-corrected chi connectivity index (χ4v) is 2.78. The highest BCUT2D eigenvalue weighted by molar-refractivity contribution is 5.81. The first-order valence-electron chi connectivity index (χ1n) is 7.64. The van der Waals surface area contributed by atoms with Crippen molar-refractivity contribution in [1.82, 2.24) is 14.7 Å². The fraction of sp³-hybridized carbons (Fsp3) is 0.625. The number of piperidine rings is 1. The third kappa shape index (κ3) is 4.17. The number of nitrogens with zero attached hydrogens (tertiary/aromatic N) is 3. The maximum Gasteiger partial charge on any atom is 0.251 e. The average molecular weight is 291 g/mol. The molecule has 0 unspecified atom stereocenters. The Hall–Kier alpha value is -1.62. The molecule has 1 aliphatic rings. The number of carbonyl (C=O) groups excluding carboxylic acids is 1. The summed E-state index contributed by atoms with van der Waals surface area (Å²) in [6.45, 7) is 9.43. The van der Waals surface area contributed by atoms with Gasteiger partial charge in [-0.3, -0.25) is 9.48 Å². The lowest BCUT2D eigenvalue weighted by atomic mass is 10.0. The van der Waals surface area contributed by atoms with Gasteiger partial charge in [0.2, 0.25) is 0 Å². The van der Waals surface area contributed by atoms with E-state index in [4.69, 9.17) is 4.74 Å². The summed E-state index contributed by atoms with van der Waals surface area (Å²) in [6, 6.07) is 0.209. The third-order valence-electron chi connectivity index (χ3n) is 3.88. The van der Waals surface area contributed by atoms with Gasteiger partial charge in [-0.2, -0.15) is 5.10 Å². The summed E-state index contributed by atoms with van der Waals surface area (Å²) in [4.78, 5) is 14.5. The summed E-state index contributed by atoms with van der Waals surface area (Å²) in [6.07, 6.45) is 8.39. The van der Waals surface area contributed by atoms with Crippen LogP contribution in [0.1, 0.15) is 31.7 Å². The maximum atomic E-state index is 12.5. The Bertz CT molecular complexity index is 484. The lowest BCUT2D eigenvalue weighted by Crippen LogP contribution is -2.49. The molecule has 2 heterocycles. The van der Waals surface area contributed by atoms with E-state index in [1.165, 1.54) is 0 Å². The molecule has 0 N–H and O–H groups in total. The molecule has 0 saturated carbocycles. The Labute approximate surface area is 126 Å². The van der Waals surface area contributed by atoms with E-state index in [-0.39, 0.29) is 11.9 Å². The van der Waals surface area contributed by atoms with E-state index in [2.05, 4.69) is 11.7 Å². The number of hydrogen-bond donors (Lipinski definition) is 0. The van der Waals surface area contributed by atoms with Crippen LogP contribution in [0.4, 0.5) is 0 Å². The lowest BCUT2D eigenvalue weighted by molar-refractivity contribution is -0.146. The van der Waals surface area contributed by atoms with Crippen LogP contribution >= 0.6 is 0 Å². The second-order valence-electron chi connectivity index (χ2n) is 5.69. The van der Waals surface area contributed by atoms with Crippen LogP contribution in [0.5, 0.6) is 0 Å². The van der Waals surface area contributed by atoms with Gasteiger partial charge in [0.05, 0.1) is 25.4 Å². The molecule has 1 saturated heterocycles. The smallest absolute Gasteiger partial charge is 0.251 e. The van der Waals surface area contributed by atoms with E-state index in [0.717, 1.165) is 37.9 Å². The lowest BCUT2D eigenvalue weighted by Gasteiger charge is -2.37. The van der Waals surface area contributed by atoms with Gasteiger partial charge >= 0.3 is 0 Å². The molecule has 1 aromatic rings. The van der Waals surface area contributed by atoms with Gasteiger partial charge in [-0.25, -0.2) is 0 Å². The van der Waals surface area contributed by atoms with Crippen LogP contribution in [-0.4, -0.2) is 45.9 Å². The van der Waals surface area contributed by atoms with E-state index >= 15 is 0 Å². The molecule has 0 spiro atoms. The zero-order chi connectivity index (χ0) is 15.2. The second kappa shape index (κ2) is 7.41. The minimum Gasteiger partial charge on any atom is -0.365 e. The highest BCUT2D eigenvalue weighted by atomic mass is 16.5. The number of aromatic nitrogens is 2. The number of ether oxygens (including phenoxy) is 1. The molecule has 116 valence electrons. The summed E-state index contributed by atoms with van der Waals surface area (Å²) < 4.78 is 7.41. The van der Waals surface area contributed by atoms with Crippen molar-refractivity contribution in [3.8, 4) is 0 Å². The largest absolute Gasteiger partial charge is 0.365 e. The van der Waals surface area contributed by atoms with Crippen molar-refractivity contribution in [3.63, 3.8) is 0 Å². The van der Waals surface area contributed by atoms with Crippen molar-refractivity contribution in [1.29, 1.82) is 0 Å². The van der Waals surface area contributed by atoms with E-state index in [1.54, 1.807) is 6.08 Å². The number of hydrogen-bond acceptors (Lipinski definition) is 3. The number of likely N-dealkylation sites (tertiary alicyclic amines) is 1. The molecular weight excluding hydrogens is 266 g/mol. The van der Waals surface area contributed by atoms with Gasteiger partial charge in [-0.15, -0.1) is 6.58 Å². The number of aryl methyl sites for hydroxylation is 1. The van der Waals surface area contributed by atoms with Crippen LogP contribution in [0, 0.1) is 6.92 Å². The van der Waals surface area contributed by atoms with Gasteiger partial charge in [-0.05, 0) is 38.7 Å². The monoisotopic (exact) mass is 291 g/mol. The standard InChI is InChI=1S/C16H25N3O2/c1-4-9-21-14(3)16(20)19-8-6-5-7-15(19)12-18-11-13(2)10-17-18/h4,10-11,14-15H,1,5-9,12H2,2-3H3/t14-,15-/m1/s1. The van der Waals surface area contributed by atoms with Gasteiger partial charge in [0.25, 0.3) is 5.91 Å². The highest BCUT2D eigenvalue weighted by Gasteiger charge is 2.30. The molecule has 1 fully saturated rings. The van der Waals surface area contributed by atoms with E-state index in [1.807, 2.05) is 35.8 Å². The van der Waals surface area contributed by atoms with Crippen molar-refractivity contribution in [2.75, 3.05) is 13.2 Å². The summed E-state index contributed by atoms with van der Waals surface area (Å²) >= 11 is 0. The van der Waals surface area contributed by atoms with Crippen molar-refractivity contribution in [2.45, 2.75) is 51.8 Å². The molecule has 2 rings (SSSR count). The van der Waals surface area contributed by atoms with Crippen LogP contribution in [0.25, 0.3) is 0 Å². The number of carbonyl (C=O) groups is 1. The van der Waals surface area contributed by atoms with Crippen molar-refractivity contribution in [3.05, 3.63) is 30.6 Å². The van der Waals surface area contributed by atoms with Crippen LogP contribution < -0.4 is 0 Å². The van der Waals surface area contributed by atoms with Crippen LogP contribution in [0.3, 0.4) is 0 Å². The molecule has 1 aliphatic heterocycles. The Morgan fingerprint density at radius 1 is 1.62 bits per heavy atom. The van der Waals surface area contributed by atoms with E-state index in [0.29, 0.717) is 6.61 Å². The minimum absolute atomic E-state index is 0.0745. The summed E-state index contributed by atoms with van der Waals surface area (Å²) in [7, 11) is 0. The first kappa shape index (κ1) is 15.8. The number of rotatable bonds is 6. The van der Waals surface area contributed by atoms with Gasteiger partial charge < -0.3 is 9.64 Å². The third-order valence-corrected chi connectivity index (χ3v) is 3.88. The van der Waals surface area contributed by atoms with Gasteiger partial charge in [0.15, 0.2) is 0 Å². The molecule has 0 aromatic carbocycles. The minimum atomic E-state index is -0.414. The van der Waals surface area contributed by atoms with Crippen molar-refractivity contribution < 1.29 is 9.53 Å². The molecule has 5 heteroatoms. The summed E-state index contributed by atoms with van der Waals surface area (Å²) in [5.74, 6) is 0.0745. The molecule has 1 aromatic heterocycles. The fourth-order valence-electron chi connectivity index (χ4n) is 2.78. The first-order chi connectivity index (χ1) is 10.1. The van der Waals surface area contributed by atoms with Crippen LogP contribution in [0.15, 0.2) is 25.0 Å². The van der Waals surface area contributed by atoms with Gasteiger partial charge in [-0.1, -0.05) is 6.08 Å². The number of amides is 1. The topological polar surface area (TPSA) is 47.4 Å². The molecule has 0 radical (unpaired) electrons. The quantitative estimate of drug-likeness (QED) is 0.755. The van der Waals surface area contributed by atoms with Crippen molar-refractivity contribution >= 4 is 5.91 Å². The Morgan fingerprint density at radius 2 is 2.43 bits per heavy atom. The maximum absolute atomic E-state index is 12.5.